The zero-order chi connectivity index (χ0) is 35.3. The van der Waals surface area contributed by atoms with E-state index in [2.05, 4.69) is 36.2 Å². The molecule has 6 rings (SSSR count). The number of aromatic hydroxyl groups is 1. The van der Waals surface area contributed by atoms with E-state index < -0.39 is 10.1 Å². The zero-order valence-corrected chi connectivity index (χ0v) is 28.0. The molecule has 250 valence electrons. The van der Waals surface area contributed by atoms with Crippen LogP contribution in [0.2, 0.25) is 0 Å². The minimum absolute atomic E-state index is 0.0206. The Morgan fingerprint density at radius 1 is 0.580 bits per heavy atom. The Labute approximate surface area is 288 Å². The third kappa shape index (κ3) is 7.86. The first-order chi connectivity index (χ1) is 24.0. The molecule has 0 spiro atoms. The molecule has 0 aliphatic carbocycles. The Balaban J connectivity index is 1.14. The van der Waals surface area contributed by atoms with Crippen LogP contribution in [-0.2, 0) is 10.1 Å². The minimum atomic E-state index is -4.44. The van der Waals surface area contributed by atoms with Crippen molar-refractivity contribution in [3.8, 4) is 11.5 Å². The van der Waals surface area contributed by atoms with Crippen molar-refractivity contribution in [3.05, 3.63) is 132 Å². The number of hydrogen-bond donors (Lipinski definition) is 3. The van der Waals surface area contributed by atoms with Gasteiger partial charge in [-0.3, -0.25) is 4.55 Å². The van der Waals surface area contributed by atoms with Gasteiger partial charge in [0.2, 0.25) is 0 Å². The minimum Gasteiger partial charge on any atom is -0.505 e. The van der Waals surface area contributed by atoms with Crippen LogP contribution in [-0.4, -0.2) is 18.1 Å². The number of nitrogens with one attached hydrogen (secondary N) is 1. The third-order valence-corrected chi connectivity index (χ3v) is 8.54. The molecule has 0 heterocycles. The highest BCUT2D eigenvalue weighted by molar-refractivity contribution is 7.86. The maximum Gasteiger partial charge on any atom is 0.296 e. The number of phenols is 1. The quantitative estimate of drug-likeness (QED) is 0.0735. The van der Waals surface area contributed by atoms with Crippen LogP contribution in [0.1, 0.15) is 16.7 Å². The van der Waals surface area contributed by atoms with Crippen LogP contribution in [0.5, 0.6) is 11.5 Å². The molecule has 0 saturated heterocycles. The summed E-state index contributed by atoms with van der Waals surface area (Å²) in [6.45, 7) is 5.61. The lowest BCUT2D eigenvalue weighted by Gasteiger charge is -2.10. The number of benzene rings is 6. The predicted molar refractivity (Wildman–Crippen MR) is 192 cm³/mol. The maximum atomic E-state index is 11.6. The molecular weight excluding hydrogens is 655 g/mol. The van der Waals surface area contributed by atoms with E-state index >= 15 is 0 Å². The number of aryl methyl sites for hydroxylation is 3. The van der Waals surface area contributed by atoms with Crippen LogP contribution in [0.15, 0.2) is 151 Å². The number of phenolic OH excluding ortho intramolecular Hbond substituents is 1. The van der Waals surface area contributed by atoms with Crippen molar-refractivity contribution < 1.29 is 22.9 Å². The molecule has 0 saturated carbocycles. The Morgan fingerprint density at radius 3 is 1.90 bits per heavy atom. The fourth-order valence-corrected chi connectivity index (χ4v) is 5.58. The monoisotopic (exact) mass is 685 g/mol. The first-order valence-electron chi connectivity index (χ1n) is 15.3. The molecule has 13 heteroatoms. The van der Waals surface area contributed by atoms with Crippen molar-refractivity contribution >= 4 is 60.7 Å². The van der Waals surface area contributed by atoms with Crippen LogP contribution in [0.3, 0.4) is 0 Å². The second kappa shape index (κ2) is 14.4. The van der Waals surface area contributed by atoms with E-state index in [9.17, 15) is 18.1 Å². The lowest BCUT2D eigenvalue weighted by atomic mass is 10.1. The number of azo groups is 3. The van der Waals surface area contributed by atoms with Gasteiger partial charge in [0.25, 0.3) is 10.1 Å². The smallest absolute Gasteiger partial charge is 0.296 e. The van der Waals surface area contributed by atoms with Crippen LogP contribution >= 0.6 is 0 Å². The van der Waals surface area contributed by atoms with Crippen LogP contribution in [0, 0.1) is 20.8 Å². The molecule has 0 fully saturated rings. The number of anilines is 1. The summed E-state index contributed by atoms with van der Waals surface area (Å²) in [6.07, 6.45) is 0. The largest absolute Gasteiger partial charge is 0.505 e. The Hall–Kier alpha value is -6.31. The number of nitrogens with zero attached hydrogens (tertiary/aromatic N) is 6. The molecule has 0 amide bonds. The van der Waals surface area contributed by atoms with E-state index in [0.29, 0.717) is 39.6 Å². The normalized spacial score (nSPS) is 12.0. The summed E-state index contributed by atoms with van der Waals surface area (Å²) in [6, 6.07) is 33.1. The van der Waals surface area contributed by atoms with Crippen molar-refractivity contribution in [1.82, 2.24) is 0 Å². The van der Waals surface area contributed by atoms with Crippen LogP contribution in [0.4, 0.5) is 39.8 Å². The molecule has 0 atom stereocenters. The molecule has 6 aromatic carbocycles. The molecule has 0 aromatic heterocycles. The summed E-state index contributed by atoms with van der Waals surface area (Å²) in [7, 11) is -4.44. The first kappa shape index (κ1) is 33.6. The van der Waals surface area contributed by atoms with Gasteiger partial charge in [0.1, 0.15) is 16.3 Å². The highest BCUT2D eigenvalue weighted by atomic mass is 32.2. The van der Waals surface area contributed by atoms with E-state index in [-0.39, 0.29) is 16.3 Å². The van der Waals surface area contributed by atoms with Gasteiger partial charge in [-0.2, -0.15) is 28.9 Å². The molecule has 0 bridgehead atoms. The molecule has 0 radical (unpaired) electrons. The zero-order valence-electron chi connectivity index (χ0n) is 27.2. The SMILES string of the molecule is Cc1cc(N=Nc2ccc3cc(NOc4ccccc4)ccc3c2O)c(C)cc1N=Nc1ccc(N=Nc2ccccc2S(=O)(=O)O)c(C)c1. The predicted octanol–water partition coefficient (Wildman–Crippen LogP) is 11.4. The lowest BCUT2D eigenvalue weighted by molar-refractivity contribution is 0.405. The van der Waals surface area contributed by atoms with Crippen molar-refractivity contribution in [3.63, 3.8) is 0 Å². The van der Waals surface area contributed by atoms with Crippen molar-refractivity contribution in [1.29, 1.82) is 0 Å². The van der Waals surface area contributed by atoms with E-state index in [4.69, 9.17) is 4.84 Å². The van der Waals surface area contributed by atoms with Gasteiger partial charge >= 0.3 is 0 Å². The van der Waals surface area contributed by atoms with Gasteiger partial charge in [-0.1, -0.05) is 36.4 Å². The molecule has 50 heavy (non-hydrogen) atoms. The Bertz CT molecular complexity index is 2410. The highest BCUT2D eigenvalue weighted by Crippen LogP contribution is 2.38. The van der Waals surface area contributed by atoms with Gasteiger partial charge in [0.15, 0.2) is 11.5 Å². The second-order valence-electron chi connectivity index (χ2n) is 11.3. The van der Waals surface area contributed by atoms with Crippen molar-refractivity contribution in [2.75, 3.05) is 5.48 Å². The Kier molecular flexibility index (Phi) is 9.70. The number of para-hydroxylation sites is 1. The van der Waals surface area contributed by atoms with Gasteiger partial charge < -0.3 is 9.94 Å². The van der Waals surface area contributed by atoms with Crippen molar-refractivity contribution in [2.24, 2.45) is 30.7 Å². The molecule has 3 N–H and O–H groups in total. The third-order valence-electron chi connectivity index (χ3n) is 7.64. The van der Waals surface area contributed by atoms with Gasteiger partial charge in [-0.25, -0.2) is 5.48 Å². The van der Waals surface area contributed by atoms with Gasteiger partial charge in [0, 0.05) is 5.39 Å². The van der Waals surface area contributed by atoms with E-state index in [1.54, 1.807) is 36.4 Å². The topological polar surface area (TPSA) is 170 Å². The van der Waals surface area contributed by atoms with Crippen LogP contribution in [0.25, 0.3) is 10.8 Å². The van der Waals surface area contributed by atoms with Gasteiger partial charge in [-0.05, 0) is 122 Å². The average Bonchev–Trinajstić information content (AvgIpc) is 3.10. The van der Waals surface area contributed by atoms with Gasteiger partial charge in [-0.15, -0.1) is 10.2 Å². The average molecular weight is 686 g/mol. The number of fused-ring (bicyclic) bond motifs is 1. The summed E-state index contributed by atoms with van der Waals surface area (Å²) in [5.74, 6) is 0.702. The summed E-state index contributed by atoms with van der Waals surface area (Å²) >= 11 is 0. The van der Waals surface area contributed by atoms with Crippen molar-refractivity contribution in [2.45, 2.75) is 25.7 Å². The molecule has 0 aliphatic heterocycles. The van der Waals surface area contributed by atoms with E-state index in [1.165, 1.54) is 18.2 Å². The van der Waals surface area contributed by atoms with Gasteiger partial charge in [0.05, 0.1) is 28.4 Å². The first-order valence-corrected chi connectivity index (χ1v) is 16.8. The van der Waals surface area contributed by atoms with Crippen LogP contribution < -0.4 is 10.3 Å². The fraction of sp³-hybridized carbons (Fsp3) is 0.0811. The molecule has 0 unspecified atom stereocenters. The molecule has 0 aliphatic rings. The summed E-state index contributed by atoms with van der Waals surface area (Å²) < 4.78 is 32.7. The summed E-state index contributed by atoms with van der Waals surface area (Å²) in [5, 5.41) is 38.1. The molecular formula is C37H31N7O5S. The second-order valence-corrected chi connectivity index (χ2v) is 12.7. The summed E-state index contributed by atoms with van der Waals surface area (Å²) in [4.78, 5) is 5.28. The fourth-order valence-electron chi connectivity index (χ4n) is 4.95. The molecule has 12 nitrogen and oxygen atoms in total. The lowest BCUT2D eigenvalue weighted by Crippen LogP contribution is -2.04. The standard InChI is InChI=1S/C37H31N7O5S/c1-23-19-27(15-18-31(23)39-40-32-11-7-8-12-36(32)50(46,47)48)38-42-34-20-25(3)35(21-24(34)2)43-41-33-17-13-26-22-28(14-16-30(26)37(33)45)44-49-29-9-5-4-6-10-29/h4-22,44-45H,1-3H3,(H,46,47,48). The number of hydrogen-bond acceptors (Lipinski definition) is 11. The van der Waals surface area contributed by atoms with E-state index in [1.807, 2.05) is 81.4 Å². The number of rotatable bonds is 10. The molecule has 6 aromatic rings. The summed E-state index contributed by atoms with van der Waals surface area (Å²) in [5.41, 5.74) is 8.76. The maximum absolute atomic E-state index is 11.6. The van der Waals surface area contributed by atoms with E-state index in [0.717, 1.165) is 27.8 Å². The highest BCUT2D eigenvalue weighted by Gasteiger charge is 2.15. The Morgan fingerprint density at radius 2 is 1.18 bits per heavy atom.